The second kappa shape index (κ2) is 5.95. The summed E-state index contributed by atoms with van der Waals surface area (Å²) in [6, 6.07) is 0. The van der Waals surface area contributed by atoms with E-state index in [0.29, 0.717) is 5.92 Å². The van der Waals surface area contributed by atoms with Gasteiger partial charge in [-0.05, 0) is 24.3 Å². The first-order chi connectivity index (χ1) is 9.74. The fraction of sp³-hybridized carbons (Fsp3) is 0.733. The van der Waals surface area contributed by atoms with Gasteiger partial charge in [-0.25, -0.2) is 0 Å². The fourth-order valence-corrected chi connectivity index (χ4v) is 3.53. The zero-order valence-corrected chi connectivity index (χ0v) is 12.1. The van der Waals surface area contributed by atoms with E-state index < -0.39 is 0 Å². The van der Waals surface area contributed by atoms with Gasteiger partial charge in [0.1, 0.15) is 0 Å². The Morgan fingerprint density at radius 1 is 1.45 bits per heavy atom. The number of rotatable bonds is 4. The topological polar surface area (TPSA) is 59.0 Å². The van der Waals surface area contributed by atoms with E-state index in [2.05, 4.69) is 15.7 Å². The lowest BCUT2D eigenvalue weighted by Gasteiger charge is -2.18. The van der Waals surface area contributed by atoms with Crippen LogP contribution in [-0.4, -0.2) is 35.3 Å². The molecule has 1 amide bonds. The van der Waals surface area contributed by atoms with Crippen LogP contribution in [0.1, 0.15) is 37.2 Å². The molecule has 110 valence electrons. The highest BCUT2D eigenvalue weighted by atomic mass is 16.1. The maximum absolute atomic E-state index is 12.4. The third kappa shape index (κ3) is 2.87. The van der Waals surface area contributed by atoms with Gasteiger partial charge >= 0.3 is 0 Å². The van der Waals surface area contributed by atoms with E-state index in [1.807, 2.05) is 19.4 Å². The van der Waals surface area contributed by atoms with E-state index in [9.17, 15) is 4.79 Å². The third-order valence-corrected chi connectivity index (χ3v) is 4.74. The molecule has 0 aromatic carbocycles. The van der Waals surface area contributed by atoms with Crippen LogP contribution in [0.15, 0.2) is 12.4 Å². The van der Waals surface area contributed by atoms with Crippen molar-refractivity contribution >= 4 is 5.91 Å². The highest BCUT2D eigenvalue weighted by molar-refractivity contribution is 5.80. The maximum atomic E-state index is 12.4. The summed E-state index contributed by atoms with van der Waals surface area (Å²) in [5.74, 6) is 1.20. The second-order valence-electron chi connectivity index (χ2n) is 6.21. The van der Waals surface area contributed by atoms with Crippen molar-refractivity contribution in [1.29, 1.82) is 0 Å². The van der Waals surface area contributed by atoms with Crippen LogP contribution < -0.4 is 10.6 Å². The molecule has 0 bridgehead atoms. The molecule has 0 radical (unpaired) electrons. The summed E-state index contributed by atoms with van der Waals surface area (Å²) in [5.41, 5.74) is 1.17. The van der Waals surface area contributed by atoms with Gasteiger partial charge in [0.25, 0.3) is 0 Å². The molecule has 2 N–H and O–H groups in total. The van der Waals surface area contributed by atoms with Crippen LogP contribution in [0.5, 0.6) is 0 Å². The molecule has 2 fully saturated rings. The summed E-state index contributed by atoms with van der Waals surface area (Å²) < 4.78 is 1.81. The summed E-state index contributed by atoms with van der Waals surface area (Å²) in [6.45, 7) is 2.50. The van der Waals surface area contributed by atoms with Crippen LogP contribution >= 0.6 is 0 Å². The van der Waals surface area contributed by atoms with Crippen LogP contribution in [0.2, 0.25) is 0 Å². The van der Waals surface area contributed by atoms with Crippen LogP contribution in [0.25, 0.3) is 0 Å². The molecule has 1 aliphatic carbocycles. The molecular weight excluding hydrogens is 252 g/mol. The number of hydrogen-bond acceptors (Lipinski definition) is 3. The predicted molar refractivity (Wildman–Crippen MR) is 77.3 cm³/mol. The van der Waals surface area contributed by atoms with E-state index in [-0.39, 0.29) is 17.7 Å². The van der Waals surface area contributed by atoms with Crippen molar-refractivity contribution in [1.82, 2.24) is 20.4 Å². The molecule has 1 saturated carbocycles. The van der Waals surface area contributed by atoms with E-state index in [4.69, 9.17) is 0 Å². The number of hydrogen-bond donors (Lipinski definition) is 2. The van der Waals surface area contributed by atoms with Crippen molar-refractivity contribution in [2.75, 3.05) is 19.6 Å². The quantitative estimate of drug-likeness (QED) is 0.863. The van der Waals surface area contributed by atoms with Gasteiger partial charge < -0.3 is 10.6 Å². The lowest BCUT2D eigenvalue weighted by molar-refractivity contribution is -0.125. The fourth-order valence-electron chi connectivity index (χ4n) is 3.53. The standard InChI is InChI=1S/C15H24N4O/c1-19-10-12(7-18-19)13-8-16-9-14(13)15(20)17-6-11-4-2-3-5-11/h7,10-11,13-14,16H,2-6,8-9H2,1H3,(H,17,20)/t13-,14+/m1/s1. The zero-order chi connectivity index (χ0) is 13.9. The maximum Gasteiger partial charge on any atom is 0.225 e. The van der Waals surface area contributed by atoms with E-state index >= 15 is 0 Å². The molecule has 2 heterocycles. The Morgan fingerprint density at radius 3 is 2.95 bits per heavy atom. The molecule has 5 nitrogen and oxygen atoms in total. The predicted octanol–water partition coefficient (Wildman–Crippen LogP) is 1.03. The van der Waals surface area contributed by atoms with Crippen molar-refractivity contribution in [3.05, 3.63) is 18.0 Å². The average molecular weight is 276 g/mol. The third-order valence-electron chi connectivity index (χ3n) is 4.74. The number of carbonyl (C=O) groups is 1. The largest absolute Gasteiger partial charge is 0.356 e. The molecular formula is C15H24N4O. The molecule has 1 saturated heterocycles. The van der Waals surface area contributed by atoms with E-state index in [1.54, 1.807) is 4.68 Å². The van der Waals surface area contributed by atoms with Gasteiger partial charge in [-0.1, -0.05) is 12.8 Å². The van der Waals surface area contributed by atoms with Crippen molar-refractivity contribution in [3.8, 4) is 0 Å². The average Bonchev–Trinajstić information content (AvgIpc) is 3.16. The monoisotopic (exact) mass is 276 g/mol. The number of amides is 1. The van der Waals surface area contributed by atoms with Crippen molar-refractivity contribution in [2.24, 2.45) is 18.9 Å². The lowest BCUT2D eigenvalue weighted by atomic mass is 9.90. The van der Waals surface area contributed by atoms with Gasteiger partial charge in [0.15, 0.2) is 0 Å². The normalized spacial score (nSPS) is 27.1. The van der Waals surface area contributed by atoms with Crippen molar-refractivity contribution in [3.63, 3.8) is 0 Å². The minimum atomic E-state index is 0.0422. The van der Waals surface area contributed by atoms with Gasteiger partial charge in [0.05, 0.1) is 12.1 Å². The SMILES string of the molecule is Cn1cc([C@H]2CNC[C@@H]2C(=O)NCC2CCCC2)cn1. The first kappa shape index (κ1) is 13.6. The first-order valence-electron chi connectivity index (χ1n) is 7.71. The summed E-state index contributed by atoms with van der Waals surface area (Å²) in [6.07, 6.45) is 9.10. The van der Waals surface area contributed by atoms with E-state index in [1.165, 1.54) is 31.2 Å². The van der Waals surface area contributed by atoms with Gasteiger partial charge in [-0.3, -0.25) is 9.48 Å². The molecule has 1 aromatic heterocycles. The van der Waals surface area contributed by atoms with Gasteiger partial charge in [0, 0.05) is 38.8 Å². The van der Waals surface area contributed by atoms with E-state index in [0.717, 1.165) is 19.6 Å². The summed E-state index contributed by atoms with van der Waals surface area (Å²) in [5, 5.41) is 10.7. The number of nitrogens with zero attached hydrogens (tertiary/aromatic N) is 2. The highest BCUT2D eigenvalue weighted by Gasteiger charge is 2.34. The molecule has 3 rings (SSSR count). The number of nitrogens with one attached hydrogen (secondary N) is 2. The summed E-state index contributed by atoms with van der Waals surface area (Å²) in [7, 11) is 1.92. The molecule has 0 spiro atoms. The highest BCUT2D eigenvalue weighted by Crippen LogP contribution is 2.28. The Bertz CT molecular complexity index is 464. The second-order valence-corrected chi connectivity index (χ2v) is 6.21. The van der Waals surface area contributed by atoms with Gasteiger partial charge in [-0.2, -0.15) is 5.10 Å². The smallest absolute Gasteiger partial charge is 0.225 e. The van der Waals surface area contributed by atoms with Gasteiger partial charge in [-0.15, -0.1) is 0 Å². The Hall–Kier alpha value is -1.36. The summed E-state index contributed by atoms with van der Waals surface area (Å²) in [4.78, 5) is 12.4. The van der Waals surface area contributed by atoms with Crippen molar-refractivity contribution in [2.45, 2.75) is 31.6 Å². The van der Waals surface area contributed by atoms with Crippen LogP contribution in [-0.2, 0) is 11.8 Å². The molecule has 0 unspecified atom stereocenters. The van der Waals surface area contributed by atoms with Crippen molar-refractivity contribution < 1.29 is 4.79 Å². The molecule has 2 aliphatic rings. The summed E-state index contributed by atoms with van der Waals surface area (Å²) >= 11 is 0. The van der Waals surface area contributed by atoms with Gasteiger partial charge in [0.2, 0.25) is 5.91 Å². The lowest BCUT2D eigenvalue weighted by Crippen LogP contribution is -2.36. The first-order valence-corrected chi connectivity index (χ1v) is 7.71. The Kier molecular flexibility index (Phi) is 4.05. The minimum absolute atomic E-state index is 0.0422. The van der Waals surface area contributed by atoms with Crippen LogP contribution in [0, 0.1) is 11.8 Å². The Morgan fingerprint density at radius 2 is 2.25 bits per heavy atom. The number of aryl methyl sites for hydroxylation is 1. The molecule has 5 heteroatoms. The van der Waals surface area contributed by atoms with Crippen LogP contribution in [0.4, 0.5) is 0 Å². The molecule has 2 atom stereocenters. The number of aromatic nitrogens is 2. The zero-order valence-electron chi connectivity index (χ0n) is 12.1. The van der Waals surface area contributed by atoms with Crippen LogP contribution in [0.3, 0.4) is 0 Å². The Labute approximate surface area is 120 Å². The molecule has 1 aromatic rings. The molecule has 1 aliphatic heterocycles. The molecule has 20 heavy (non-hydrogen) atoms. The number of carbonyl (C=O) groups excluding carboxylic acids is 1. The Balaban J connectivity index is 1.58. The minimum Gasteiger partial charge on any atom is -0.356 e.